The average Bonchev–Trinajstić information content (AvgIpc) is 2.54. The number of sulfone groups is 1. The van der Waals surface area contributed by atoms with Crippen molar-refractivity contribution in [1.29, 1.82) is 0 Å². The summed E-state index contributed by atoms with van der Waals surface area (Å²) in [7, 11) is -10.3. The Balaban J connectivity index is 2.57. The lowest BCUT2D eigenvalue weighted by Gasteiger charge is -2.13. The Bertz CT molecular complexity index is 965. The van der Waals surface area contributed by atoms with Crippen LogP contribution in [-0.2, 0) is 24.1 Å². The van der Waals surface area contributed by atoms with Crippen LogP contribution in [0.2, 0.25) is 0 Å². The molecule has 2 aromatic carbocycles. The molecule has 0 N–H and O–H groups in total. The van der Waals surface area contributed by atoms with Crippen molar-refractivity contribution < 1.29 is 34.2 Å². The maximum absolute atomic E-state index is 12.6. The van der Waals surface area contributed by atoms with Gasteiger partial charge in [-0.2, -0.15) is 21.6 Å². The summed E-state index contributed by atoms with van der Waals surface area (Å²) in [6.45, 7) is 0. The quantitative estimate of drug-likeness (QED) is 0.443. The van der Waals surface area contributed by atoms with Crippen LogP contribution in [0.4, 0.5) is 13.2 Å². The molecule has 0 fully saturated rings. The Kier molecular flexibility index (Phi) is 5.23. The Morgan fingerprint density at radius 3 is 1.80 bits per heavy atom. The number of rotatable bonds is 5. The molecule has 5 nitrogen and oxygen atoms in total. The number of hydrogen-bond acceptors (Lipinski definition) is 5. The monoisotopic (exact) mass is 392 g/mol. The Morgan fingerprint density at radius 2 is 1.32 bits per heavy atom. The van der Waals surface area contributed by atoms with E-state index in [0.29, 0.717) is 5.41 Å². The van der Waals surface area contributed by atoms with Crippen LogP contribution in [0.5, 0.6) is 0 Å². The van der Waals surface area contributed by atoms with Crippen molar-refractivity contribution in [2.75, 3.05) is 0 Å². The van der Waals surface area contributed by atoms with Crippen molar-refractivity contribution in [1.82, 2.24) is 0 Å². The van der Waals surface area contributed by atoms with Crippen LogP contribution in [0.3, 0.4) is 0 Å². The average molecular weight is 392 g/mol. The maximum atomic E-state index is 12.6. The van der Waals surface area contributed by atoms with Crippen LogP contribution in [0.15, 0.2) is 71.0 Å². The molecule has 0 amide bonds. The van der Waals surface area contributed by atoms with E-state index in [4.69, 9.17) is 0 Å². The van der Waals surface area contributed by atoms with Crippen molar-refractivity contribution in [3.05, 3.63) is 71.6 Å². The second kappa shape index (κ2) is 6.89. The van der Waals surface area contributed by atoms with Gasteiger partial charge < -0.3 is 4.18 Å². The largest absolute Gasteiger partial charge is 0.534 e. The standard InChI is InChI=1S/C15H11F3O5S2/c16-15(17,18)25(21,22)23-14(12-7-3-1-4-8-12)11-24(19,20)13-9-5-2-6-10-13/h1-11H/b14-11-. The van der Waals surface area contributed by atoms with E-state index in [1.165, 1.54) is 54.6 Å². The molecule has 0 unspecified atom stereocenters. The lowest BCUT2D eigenvalue weighted by Crippen LogP contribution is -2.25. The third-order valence-electron chi connectivity index (χ3n) is 2.88. The Hall–Kier alpha value is -2.33. The third kappa shape index (κ3) is 4.60. The van der Waals surface area contributed by atoms with Gasteiger partial charge in [0.1, 0.15) is 0 Å². The highest BCUT2D eigenvalue weighted by Crippen LogP contribution is 2.31. The first-order valence-electron chi connectivity index (χ1n) is 6.61. The van der Waals surface area contributed by atoms with Gasteiger partial charge >= 0.3 is 15.6 Å². The van der Waals surface area contributed by atoms with Crippen LogP contribution in [0, 0.1) is 0 Å². The summed E-state index contributed by atoms with van der Waals surface area (Å²) in [5, 5.41) is 0.348. The van der Waals surface area contributed by atoms with E-state index in [-0.39, 0.29) is 10.5 Å². The molecule has 0 aliphatic carbocycles. The van der Waals surface area contributed by atoms with Gasteiger partial charge in [-0.05, 0) is 12.1 Å². The molecule has 10 heteroatoms. The topological polar surface area (TPSA) is 77.5 Å². The van der Waals surface area contributed by atoms with E-state index < -0.39 is 31.2 Å². The fraction of sp³-hybridized carbons (Fsp3) is 0.0667. The van der Waals surface area contributed by atoms with Gasteiger partial charge in [-0.3, -0.25) is 0 Å². The summed E-state index contributed by atoms with van der Waals surface area (Å²) in [4.78, 5) is -0.226. The van der Waals surface area contributed by atoms with Crippen LogP contribution < -0.4 is 0 Å². The summed E-state index contributed by atoms with van der Waals surface area (Å²) in [5.41, 5.74) is -5.84. The fourth-order valence-corrected chi connectivity index (χ4v) is 3.40. The van der Waals surface area contributed by atoms with Gasteiger partial charge in [0.25, 0.3) is 0 Å². The molecular formula is C15H11F3O5S2. The highest BCUT2D eigenvalue weighted by Gasteiger charge is 2.49. The zero-order valence-corrected chi connectivity index (χ0v) is 14.0. The summed E-state index contributed by atoms with van der Waals surface area (Å²) < 4.78 is 89.0. The normalized spacial score (nSPS) is 13.5. The molecule has 0 heterocycles. The summed E-state index contributed by atoms with van der Waals surface area (Å²) >= 11 is 0. The summed E-state index contributed by atoms with van der Waals surface area (Å²) in [6, 6.07) is 13.5. The molecule has 2 aromatic rings. The van der Waals surface area contributed by atoms with E-state index >= 15 is 0 Å². The molecule has 0 bridgehead atoms. The molecule has 0 aliphatic heterocycles. The molecule has 0 atom stereocenters. The molecule has 0 radical (unpaired) electrons. The first-order chi connectivity index (χ1) is 11.5. The minimum Gasteiger partial charge on any atom is -0.375 e. The van der Waals surface area contributed by atoms with Crippen molar-refractivity contribution in [2.45, 2.75) is 10.4 Å². The molecule has 0 aromatic heterocycles. The van der Waals surface area contributed by atoms with Gasteiger partial charge in [-0.25, -0.2) is 8.42 Å². The second-order valence-corrected chi connectivity index (χ2v) is 8.02. The van der Waals surface area contributed by atoms with E-state index in [1.54, 1.807) is 6.07 Å². The third-order valence-corrected chi connectivity index (χ3v) is 5.29. The predicted octanol–water partition coefficient (Wildman–Crippen LogP) is 3.33. The van der Waals surface area contributed by atoms with Crippen molar-refractivity contribution in [3.63, 3.8) is 0 Å². The second-order valence-electron chi connectivity index (χ2n) is 4.69. The van der Waals surface area contributed by atoms with Crippen molar-refractivity contribution in [2.24, 2.45) is 0 Å². The lowest BCUT2D eigenvalue weighted by molar-refractivity contribution is -0.0509. The maximum Gasteiger partial charge on any atom is 0.534 e. The highest BCUT2D eigenvalue weighted by atomic mass is 32.2. The fourth-order valence-electron chi connectivity index (χ4n) is 1.72. The Morgan fingerprint density at radius 1 is 0.840 bits per heavy atom. The number of halogens is 3. The SMILES string of the molecule is O=S(=O)(/C=C(\OS(=O)(=O)C(F)(F)F)c1ccccc1)c1ccccc1. The number of hydrogen-bond donors (Lipinski definition) is 0. The van der Waals surface area contributed by atoms with E-state index in [9.17, 15) is 30.0 Å². The van der Waals surface area contributed by atoms with Crippen LogP contribution in [0.1, 0.15) is 5.56 Å². The molecule has 0 saturated carbocycles. The van der Waals surface area contributed by atoms with Crippen molar-refractivity contribution >= 4 is 25.7 Å². The van der Waals surface area contributed by atoms with Gasteiger partial charge in [0.2, 0.25) is 9.84 Å². The van der Waals surface area contributed by atoms with Gasteiger partial charge in [0.15, 0.2) is 5.76 Å². The molecule has 25 heavy (non-hydrogen) atoms. The number of benzene rings is 2. The van der Waals surface area contributed by atoms with Crippen LogP contribution >= 0.6 is 0 Å². The number of alkyl halides is 3. The zero-order chi connectivity index (χ0) is 18.7. The minimum atomic E-state index is -6.03. The summed E-state index contributed by atoms with van der Waals surface area (Å²) in [5.74, 6) is -0.957. The first-order valence-corrected chi connectivity index (χ1v) is 9.56. The zero-order valence-electron chi connectivity index (χ0n) is 12.3. The van der Waals surface area contributed by atoms with E-state index in [2.05, 4.69) is 4.18 Å². The van der Waals surface area contributed by atoms with Crippen molar-refractivity contribution in [3.8, 4) is 0 Å². The predicted molar refractivity (Wildman–Crippen MR) is 84.1 cm³/mol. The highest BCUT2D eigenvalue weighted by molar-refractivity contribution is 7.94. The molecular weight excluding hydrogens is 381 g/mol. The Labute approximate surface area is 142 Å². The lowest BCUT2D eigenvalue weighted by atomic mass is 10.2. The molecule has 2 rings (SSSR count). The smallest absolute Gasteiger partial charge is 0.375 e. The molecule has 0 aliphatic rings. The van der Waals surface area contributed by atoms with Gasteiger partial charge in [-0.1, -0.05) is 48.5 Å². The first kappa shape index (κ1) is 19.0. The van der Waals surface area contributed by atoms with Gasteiger partial charge in [0, 0.05) is 5.56 Å². The summed E-state index contributed by atoms with van der Waals surface area (Å²) in [6.07, 6.45) is 0. The van der Waals surface area contributed by atoms with E-state index in [1.807, 2.05) is 0 Å². The van der Waals surface area contributed by atoms with Gasteiger partial charge in [-0.15, -0.1) is 0 Å². The molecule has 134 valence electrons. The molecule has 0 spiro atoms. The van der Waals surface area contributed by atoms with Gasteiger partial charge in [0.05, 0.1) is 10.3 Å². The molecule has 0 saturated heterocycles. The van der Waals surface area contributed by atoms with Crippen LogP contribution in [-0.4, -0.2) is 22.3 Å². The van der Waals surface area contributed by atoms with E-state index in [0.717, 1.165) is 0 Å². The van der Waals surface area contributed by atoms with Crippen LogP contribution in [0.25, 0.3) is 5.76 Å². The minimum absolute atomic E-state index is 0.144.